The molecular formula is C20H23N5O4S. The van der Waals surface area contributed by atoms with Crippen LogP contribution < -0.4 is 11.2 Å². The highest BCUT2D eigenvalue weighted by Gasteiger charge is 2.21. The largest absolute Gasteiger partial charge is 0.461 e. The van der Waals surface area contributed by atoms with Gasteiger partial charge in [-0.25, -0.2) is 14.8 Å². The smallest absolute Gasteiger partial charge is 0.332 e. The number of aryl methyl sites for hydroxylation is 1. The van der Waals surface area contributed by atoms with E-state index < -0.39 is 11.2 Å². The lowest BCUT2D eigenvalue weighted by Gasteiger charge is -2.20. The molecule has 3 aromatic heterocycles. The zero-order chi connectivity index (χ0) is 21.3. The first kappa shape index (κ1) is 20.4. The van der Waals surface area contributed by atoms with Gasteiger partial charge in [0.15, 0.2) is 17.2 Å². The van der Waals surface area contributed by atoms with Gasteiger partial charge < -0.3 is 9.32 Å². The molecule has 0 spiro atoms. The summed E-state index contributed by atoms with van der Waals surface area (Å²) in [5, 5.41) is 0.592. The number of nitrogens with zero attached hydrogens (tertiary/aromatic N) is 5. The third-order valence-corrected chi connectivity index (χ3v) is 6.26. The summed E-state index contributed by atoms with van der Waals surface area (Å²) in [6.07, 6.45) is 5.81. The predicted molar refractivity (Wildman–Crippen MR) is 113 cm³/mol. The van der Waals surface area contributed by atoms with E-state index >= 15 is 0 Å². The topological polar surface area (TPSA) is 103 Å². The van der Waals surface area contributed by atoms with Gasteiger partial charge in [-0.1, -0.05) is 24.6 Å². The fourth-order valence-electron chi connectivity index (χ4n) is 3.59. The molecule has 1 aliphatic rings. The molecule has 0 aliphatic carbocycles. The highest BCUT2D eigenvalue weighted by atomic mass is 32.2. The van der Waals surface area contributed by atoms with Crippen molar-refractivity contribution < 1.29 is 9.21 Å². The molecule has 1 saturated heterocycles. The highest BCUT2D eigenvalue weighted by molar-refractivity contribution is 8.00. The summed E-state index contributed by atoms with van der Waals surface area (Å²) < 4.78 is 7.74. The Hall–Kier alpha value is -2.88. The van der Waals surface area contributed by atoms with Crippen LogP contribution in [0.3, 0.4) is 0 Å². The van der Waals surface area contributed by atoms with Crippen LogP contribution in [0.1, 0.15) is 25.7 Å². The Morgan fingerprint density at radius 3 is 2.50 bits per heavy atom. The number of hydrogen-bond donors (Lipinski definition) is 0. The minimum atomic E-state index is -0.483. The molecule has 4 heterocycles. The molecule has 3 aromatic rings. The zero-order valence-corrected chi connectivity index (χ0v) is 17.8. The Morgan fingerprint density at radius 1 is 1.10 bits per heavy atom. The van der Waals surface area contributed by atoms with Gasteiger partial charge in [0.1, 0.15) is 10.4 Å². The molecule has 0 atom stereocenters. The van der Waals surface area contributed by atoms with Crippen molar-refractivity contribution in [3.63, 3.8) is 0 Å². The van der Waals surface area contributed by atoms with Crippen molar-refractivity contribution in [2.24, 2.45) is 14.1 Å². The van der Waals surface area contributed by atoms with Gasteiger partial charge in [0.2, 0.25) is 5.91 Å². The standard InChI is InChI=1S/C20H23N5O4S/c1-23-17-15(19(27)24(2)20(23)28)18(22-16(21-17)13-8-7-11-29-13)30-12-14(26)25-9-5-3-4-6-10-25/h7-8,11H,3-6,9-10,12H2,1-2H3. The maximum atomic E-state index is 12.8. The first-order valence-corrected chi connectivity index (χ1v) is 10.9. The lowest BCUT2D eigenvalue weighted by atomic mass is 10.2. The van der Waals surface area contributed by atoms with Crippen LogP contribution in [0, 0.1) is 0 Å². The third kappa shape index (κ3) is 3.79. The van der Waals surface area contributed by atoms with Crippen LogP contribution in [0.2, 0.25) is 0 Å². The SMILES string of the molecule is Cn1c(=O)c2c(SCC(=O)N3CCCCCC3)nc(-c3ccco3)nc2n(C)c1=O. The van der Waals surface area contributed by atoms with E-state index in [1.54, 1.807) is 19.2 Å². The van der Waals surface area contributed by atoms with E-state index in [0.29, 0.717) is 10.8 Å². The van der Waals surface area contributed by atoms with E-state index in [1.165, 1.54) is 29.6 Å². The van der Waals surface area contributed by atoms with Crippen LogP contribution in [0.15, 0.2) is 37.4 Å². The van der Waals surface area contributed by atoms with Gasteiger partial charge in [0.05, 0.1) is 12.0 Å². The number of aromatic nitrogens is 4. The highest BCUT2D eigenvalue weighted by Crippen LogP contribution is 2.26. The molecule has 0 aromatic carbocycles. The van der Waals surface area contributed by atoms with Crippen molar-refractivity contribution in [2.45, 2.75) is 30.7 Å². The number of fused-ring (bicyclic) bond motifs is 1. The van der Waals surface area contributed by atoms with Crippen LogP contribution in [-0.2, 0) is 18.9 Å². The molecule has 0 unspecified atom stereocenters. The normalized spacial score (nSPS) is 14.8. The molecule has 0 radical (unpaired) electrons. The van der Waals surface area contributed by atoms with Crippen LogP contribution in [-0.4, -0.2) is 48.8 Å². The summed E-state index contributed by atoms with van der Waals surface area (Å²) in [7, 11) is 2.97. The fraction of sp³-hybridized carbons (Fsp3) is 0.450. The number of carbonyl (C=O) groups is 1. The molecule has 0 N–H and O–H groups in total. The fourth-order valence-corrected chi connectivity index (χ4v) is 4.51. The molecule has 0 saturated carbocycles. The number of furan rings is 1. The average molecular weight is 430 g/mol. The second kappa shape index (κ2) is 8.47. The third-order valence-electron chi connectivity index (χ3n) is 5.30. The first-order valence-electron chi connectivity index (χ1n) is 9.89. The maximum Gasteiger partial charge on any atom is 0.332 e. The summed E-state index contributed by atoms with van der Waals surface area (Å²) >= 11 is 1.19. The molecule has 4 rings (SSSR count). The predicted octanol–water partition coefficient (Wildman–Crippen LogP) is 1.78. The molecule has 30 heavy (non-hydrogen) atoms. The molecule has 9 nitrogen and oxygen atoms in total. The molecule has 1 aliphatic heterocycles. The van der Waals surface area contributed by atoms with Gasteiger partial charge in [0, 0.05) is 27.2 Å². The first-order chi connectivity index (χ1) is 14.5. The van der Waals surface area contributed by atoms with Gasteiger partial charge in [0.25, 0.3) is 5.56 Å². The summed E-state index contributed by atoms with van der Waals surface area (Å²) in [6, 6.07) is 3.42. The van der Waals surface area contributed by atoms with Crippen LogP contribution in [0.5, 0.6) is 0 Å². The monoisotopic (exact) mass is 429 g/mol. The summed E-state index contributed by atoms with van der Waals surface area (Å²) in [4.78, 5) is 48.8. The van der Waals surface area contributed by atoms with Crippen molar-refractivity contribution in [1.29, 1.82) is 0 Å². The van der Waals surface area contributed by atoms with Gasteiger partial charge in [-0.15, -0.1) is 0 Å². The van der Waals surface area contributed by atoms with E-state index in [9.17, 15) is 14.4 Å². The summed E-state index contributed by atoms with van der Waals surface area (Å²) in [6.45, 7) is 1.52. The van der Waals surface area contributed by atoms with Gasteiger partial charge in [-0.2, -0.15) is 0 Å². The van der Waals surface area contributed by atoms with Gasteiger partial charge in [-0.05, 0) is 25.0 Å². The molecule has 158 valence electrons. The van der Waals surface area contributed by atoms with Crippen molar-refractivity contribution in [2.75, 3.05) is 18.8 Å². The van der Waals surface area contributed by atoms with Crippen LogP contribution in [0.4, 0.5) is 0 Å². The van der Waals surface area contributed by atoms with E-state index in [2.05, 4.69) is 9.97 Å². The number of rotatable bonds is 4. The minimum absolute atomic E-state index is 0.0230. The second-order valence-corrected chi connectivity index (χ2v) is 8.28. The number of amides is 1. The number of carbonyl (C=O) groups excluding carboxylic acids is 1. The summed E-state index contributed by atoms with van der Waals surface area (Å²) in [5.41, 5.74) is -0.744. The molecular weight excluding hydrogens is 406 g/mol. The van der Waals surface area contributed by atoms with Crippen LogP contribution >= 0.6 is 11.8 Å². The second-order valence-electron chi connectivity index (χ2n) is 7.32. The van der Waals surface area contributed by atoms with Crippen molar-refractivity contribution in [3.05, 3.63) is 39.2 Å². The maximum absolute atomic E-state index is 12.8. The Balaban J connectivity index is 1.76. The van der Waals surface area contributed by atoms with Crippen molar-refractivity contribution in [3.8, 4) is 11.6 Å². The van der Waals surface area contributed by atoms with E-state index in [1.807, 2.05) is 4.90 Å². The Bertz CT molecular complexity index is 1190. The molecule has 1 fully saturated rings. The molecule has 1 amide bonds. The average Bonchev–Trinajstić information content (AvgIpc) is 3.16. The lowest BCUT2D eigenvalue weighted by Crippen LogP contribution is -2.38. The molecule has 10 heteroatoms. The lowest BCUT2D eigenvalue weighted by molar-refractivity contribution is -0.128. The van der Waals surface area contributed by atoms with E-state index in [4.69, 9.17) is 4.42 Å². The summed E-state index contributed by atoms with van der Waals surface area (Å²) in [5.74, 6) is 0.872. The molecule has 0 bridgehead atoms. The Kier molecular flexibility index (Phi) is 5.76. The minimum Gasteiger partial charge on any atom is -0.461 e. The Morgan fingerprint density at radius 2 is 1.83 bits per heavy atom. The van der Waals surface area contributed by atoms with E-state index in [0.717, 1.165) is 43.3 Å². The number of thioether (sulfide) groups is 1. The van der Waals surface area contributed by atoms with Crippen molar-refractivity contribution >= 4 is 28.7 Å². The Labute approximate surface area is 176 Å². The number of likely N-dealkylation sites (tertiary alicyclic amines) is 1. The number of hydrogen-bond acceptors (Lipinski definition) is 7. The zero-order valence-electron chi connectivity index (χ0n) is 17.0. The van der Waals surface area contributed by atoms with Gasteiger partial charge >= 0.3 is 5.69 Å². The van der Waals surface area contributed by atoms with Gasteiger partial charge in [-0.3, -0.25) is 18.7 Å². The van der Waals surface area contributed by atoms with Crippen LogP contribution in [0.25, 0.3) is 22.6 Å². The quantitative estimate of drug-likeness (QED) is 0.460. The van der Waals surface area contributed by atoms with Crippen molar-refractivity contribution in [1.82, 2.24) is 24.0 Å². The van der Waals surface area contributed by atoms with E-state index in [-0.39, 0.29) is 28.5 Å².